The molecule has 0 saturated heterocycles. The number of rotatable bonds is 5. The Kier molecular flexibility index (Phi) is 3.35. The molecule has 1 aromatic carbocycles. The van der Waals surface area contributed by atoms with Gasteiger partial charge >= 0.3 is 0 Å². The van der Waals surface area contributed by atoms with Crippen LogP contribution in [0.1, 0.15) is 35.8 Å². The molecule has 0 bridgehead atoms. The predicted molar refractivity (Wildman–Crippen MR) is 70.5 cm³/mol. The first-order valence-electron chi connectivity index (χ1n) is 6.19. The minimum Gasteiger partial charge on any atom is -0.370 e. The van der Waals surface area contributed by atoms with Gasteiger partial charge in [-0.15, -0.1) is 0 Å². The molecule has 1 saturated carbocycles. The Morgan fingerprint density at radius 3 is 2.72 bits per heavy atom. The number of imidazole rings is 1. The van der Waals surface area contributed by atoms with E-state index in [1.807, 2.05) is 30.3 Å². The number of nitrogens with one attached hydrogen (secondary N) is 1. The van der Waals surface area contributed by atoms with E-state index in [2.05, 4.69) is 9.97 Å². The van der Waals surface area contributed by atoms with E-state index in [1.165, 1.54) is 12.8 Å². The van der Waals surface area contributed by atoms with Gasteiger partial charge in [-0.05, 0) is 18.4 Å². The number of hydrogen-bond donors (Lipinski definition) is 1. The summed E-state index contributed by atoms with van der Waals surface area (Å²) in [4.78, 5) is 7.59. The average molecular weight is 263 g/mol. The predicted octanol–water partition coefficient (Wildman–Crippen LogP) is 3.66. The van der Waals surface area contributed by atoms with E-state index < -0.39 is 0 Å². The lowest BCUT2D eigenvalue weighted by Gasteiger charge is -2.02. The number of H-pyrrole nitrogens is 1. The fourth-order valence-corrected chi connectivity index (χ4v) is 2.09. The highest BCUT2D eigenvalue weighted by molar-refractivity contribution is 6.30. The Balaban J connectivity index is 1.56. The SMILES string of the molecule is Clc1nc(C2CC2)[nH]c1COCc1ccccc1. The number of aromatic nitrogens is 2. The summed E-state index contributed by atoms with van der Waals surface area (Å²) < 4.78 is 5.64. The largest absolute Gasteiger partial charge is 0.370 e. The van der Waals surface area contributed by atoms with E-state index in [-0.39, 0.29) is 0 Å². The molecule has 3 rings (SSSR count). The van der Waals surface area contributed by atoms with E-state index in [1.54, 1.807) is 0 Å². The van der Waals surface area contributed by atoms with E-state index >= 15 is 0 Å². The molecular formula is C14H15ClN2O. The monoisotopic (exact) mass is 262 g/mol. The lowest BCUT2D eigenvalue weighted by Crippen LogP contribution is -1.95. The number of aromatic amines is 1. The van der Waals surface area contributed by atoms with Crippen molar-refractivity contribution < 1.29 is 4.74 Å². The minimum absolute atomic E-state index is 0.480. The lowest BCUT2D eigenvalue weighted by molar-refractivity contribution is 0.105. The van der Waals surface area contributed by atoms with Gasteiger partial charge in [-0.2, -0.15) is 0 Å². The van der Waals surface area contributed by atoms with Crippen LogP contribution in [0.15, 0.2) is 30.3 Å². The van der Waals surface area contributed by atoms with Crippen LogP contribution in [0.5, 0.6) is 0 Å². The minimum atomic E-state index is 0.480. The van der Waals surface area contributed by atoms with E-state index in [0.29, 0.717) is 24.3 Å². The molecule has 2 aromatic rings. The highest BCUT2D eigenvalue weighted by Crippen LogP contribution is 2.39. The Morgan fingerprint density at radius 1 is 1.22 bits per heavy atom. The normalized spacial score (nSPS) is 14.9. The molecule has 0 aliphatic heterocycles. The molecule has 0 radical (unpaired) electrons. The molecule has 1 aromatic heterocycles. The number of nitrogens with zero attached hydrogens (tertiary/aromatic N) is 1. The zero-order valence-corrected chi connectivity index (χ0v) is 10.8. The summed E-state index contributed by atoms with van der Waals surface area (Å²) >= 11 is 6.08. The molecule has 0 spiro atoms. The van der Waals surface area contributed by atoms with Gasteiger partial charge in [0.2, 0.25) is 0 Å². The second-order valence-corrected chi connectivity index (χ2v) is 5.00. The van der Waals surface area contributed by atoms with Crippen molar-refractivity contribution in [2.75, 3.05) is 0 Å². The smallest absolute Gasteiger partial charge is 0.152 e. The lowest BCUT2D eigenvalue weighted by atomic mass is 10.2. The van der Waals surface area contributed by atoms with E-state index in [4.69, 9.17) is 16.3 Å². The molecule has 1 fully saturated rings. The third-order valence-corrected chi connectivity index (χ3v) is 3.38. The van der Waals surface area contributed by atoms with E-state index in [0.717, 1.165) is 17.1 Å². The van der Waals surface area contributed by atoms with Crippen LogP contribution in [0.2, 0.25) is 5.15 Å². The summed E-state index contributed by atoms with van der Waals surface area (Å²) in [7, 11) is 0. The molecule has 18 heavy (non-hydrogen) atoms. The molecule has 0 amide bonds. The summed E-state index contributed by atoms with van der Waals surface area (Å²) in [5.41, 5.74) is 2.05. The van der Waals surface area contributed by atoms with Crippen LogP contribution in [-0.2, 0) is 18.0 Å². The van der Waals surface area contributed by atoms with Crippen LogP contribution in [0, 0.1) is 0 Å². The fraction of sp³-hybridized carbons (Fsp3) is 0.357. The van der Waals surface area contributed by atoms with Crippen LogP contribution in [0.3, 0.4) is 0 Å². The highest BCUT2D eigenvalue weighted by atomic mass is 35.5. The van der Waals surface area contributed by atoms with Gasteiger partial charge < -0.3 is 9.72 Å². The van der Waals surface area contributed by atoms with Gasteiger partial charge in [-0.1, -0.05) is 41.9 Å². The topological polar surface area (TPSA) is 37.9 Å². The Bertz CT molecular complexity index is 520. The van der Waals surface area contributed by atoms with Crippen molar-refractivity contribution in [3.8, 4) is 0 Å². The van der Waals surface area contributed by atoms with Crippen LogP contribution in [0.4, 0.5) is 0 Å². The standard InChI is InChI=1S/C14H15ClN2O/c15-13-12(16-14(17-13)11-6-7-11)9-18-8-10-4-2-1-3-5-10/h1-5,11H,6-9H2,(H,16,17). The maximum Gasteiger partial charge on any atom is 0.152 e. The van der Waals surface area contributed by atoms with Crippen molar-refractivity contribution in [2.45, 2.75) is 32.0 Å². The number of ether oxygens (including phenoxy) is 1. The van der Waals surface area contributed by atoms with Crippen molar-refractivity contribution in [1.82, 2.24) is 9.97 Å². The highest BCUT2D eigenvalue weighted by Gasteiger charge is 2.27. The molecule has 1 aliphatic rings. The summed E-state index contributed by atoms with van der Waals surface area (Å²) in [5.74, 6) is 1.60. The van der Waals surface area contributed by atoms with Gasteiger partial charge in [0.25, 0.3) is 0 Å². The third kappa shape index (κ3) is 2.74. The van der Waals surface area contributed by atoms with Gasteiger partial charge in [-0.3, -0.25) is 0 Å². The second kappa shape index (κ2) is 5.12. The molecule has 94 valence electrons. The molecule has 1 aliphatic carbocycles. The van der Waals surface area contributed by atoms with Crippen molar-refractivity contribution in [1.29, 1.82) is 0 Å². The summed E-state index contributed by atoms with van der Waals surface area (Å²) in [5, 5.41) is 0.546. The number of halogens is 1. The first-order valence-corrected chi connectivity index (χ1v) is 6.56. The zero-order valence-electron chi connectivity index (χ0n) is 10.0. The van der Waals surface area contributed by atoms with E-state index in [9.17, 15) is 0 Å². The molecule has 0 atom stereocenters. The Morgan fingerprint density at radius 2 is 2.00 bits per heavy atom. The maximum atomic E-state index is 6.08. The first-order chi connectivity index (χ1) is 8.83. The second-order valence-electron chi connectivity index (χ2n) is 4.64. The Labute approximate surface area is 111 Å². The van der Waals surface area contributed by atoms with Crippen molar-refractivity contribution in [2.24, 2.45) is 0 Å². The maximum absolute atomic E-state index is 6.08. The van der Waals surface area contributed by atoms with Gasteiger partial charge in [0, 0.05) is 5.92 Å². The van der Waals surface area contributed by atoms with Crippen LogP contribution in [0.25, 0.3) is 0 Å². The average Bonchev–Trinajstić information content (AvgIpc) is 3.17. The number of hydrogen-bond acceptors (Lipinski definition) is 2. The quantitative estimate of drug-likeness (QED) is 0.893. The fourth-order valence-electron chi connectivity index (χ4n) is 1.90. The molecular weight excluding hydrogens is 248 g/mol. The van der Waals surface area contributed by atoms with Crippen molar-refractivity contribution in [3.05, 3.63) is 52.6 Å². The van der Waals surface area contributed by atoms with Gasteiger partial charge in [0.1, 0.15) is 5.82 Å². The van der Waals surface area contributed by atoms with Crippen LogP contribution >= 0.6 is 11.6 Å². The van der Waals surface area contributed by atoms with Gasteiger partial charge in [-0.25, -0.2) is 4.98 Å². The molecule has 3 nitrogen and oxygen atoms in total. The van der Waals surface area contributed by atoms with Gasteiger partial charge in [0.15, 0.2) is 5.15 Å². The van der Waals surface area contributed by atoms with Gasteiger partial charge in [0.05, 0.1) is 18.9 Å². The molecule has 0 unspecified atom stereocenters. The molecule has 1 heterocycles. The van der Waals surface area contributed by atoms with Crippen LogP contribution < -0.4 is 0 Å². The summed E-state index contributed by atoms with van der Waals surface area (Å²) in [6.07, 6.45) is 2.43. The van der Waals surface area contributed by atoms with Crippen molar-refractivity contribution >= 4 is 11.6 Å². The van der Waals surface area contributed by atoms with Crippen molar-refractivity contribution in [3.63, 3.8) is 0 Å². The third-order valence-electron chi connectivity index (χ3n) is 3.07. The Hall–Kier alpha value is -1.32. The number of benzene rings is 1. The summed E-state index contributed by atoms with van der Waals surface area (Å²) in [6.45, 7) is 1.07. The zero-order chi connectivity index (χ0) is 12.4. The first kappa shape index (κ1) is 11.8. The molecule has 4 heteroatoms. The summed E-state index contributed by atoms with van der Waals surface area (Å²) in [6, 6.07) is 10.1. The van der Waals surface area contributed by atoms with Crippen LogP contribution in [-0.4, -0.2) is 9.97 Å². The molecule has 1 N–H and O–H groups in total.